The van der Waals surface area contributed by atoms with Gasteiger partial charge in [0.15, 0.2) is 9.84 Å². The summed E-state index contributed by atoms with van der Waals surface area (Å²) < 4.78 is 23.5. The van der Waals surface area contributed by atoms with Crippen LogP contribution in [-0.2, 0) is 16.4 Å². The minimum atomic E-state index is -3.17. The van der Waals surface area contributed by atoms with Gasteiger partial charge in [0.05, 0.1) is 15.1 Å². The number of aromatic amines is 1. The fraction of sp³-hybridized carbons (Fsp3) is 0.182. The molecule has 1 aromatic heterocycles. The van der Waals surface area contributed by atoms with Crippen molar-refractivity contribution in [1.29, 1.82) is 0 Å². The summed E-state index contributed by atoms with van der Waals surface area (Å²) in [6.45, 7) is 0.356. The second kappa shape index (κ2) is 4.83. The molecule has 0 unspecified atom stereocenters. The lowest BCUT2D eigenvalue weighted by atomic mass is 10.1. The fourth-order valence-electron chi connectivity index (χ4n) is 1.55. The molecule has 0 radical (unpaired) electrons. The van der Waals surface area contributed by atoms with Crippen LogP contribution in [0.4, 0.5) is 0 Å². The van der Waals surface area contributed by atoms with Crippen molar-refractivity contribution in [2.45, 2.75) is 11.4 Å². The Morgan fingerprint density at radius 2 is 1.94 bits per heavy atom. The van der Waals surface area contributed by atoms with Crippen LogP contribution >= 0.6 is 15.9 Å². The highest BCUT2D eigenvalue weighted by Crippen LogP contribution is 2.29. The number of hydrogen-bond acceptors (Lipinski definition) is 4. The molecule has 18 heavy (non-hydrogen) atoms. The first-order chi connectivity index (χ1) is 8.43. The van der Waals surface area contributed by atoms with Crippen molar-refractivity contribution in [2.24, 2.45) is 5.73 Å². The van der Waals surface area contributed by atoms with Crippen molar-refractivity contribution in [2.75, 3.05) is 6.26 Å². The van der Waals surface area contributed by atoms with Gasteiger partial charge in [-0.15, -0.1) is 0 Å². The molecule has 5 nitrogen and oxygen atoms in total. The van der Waals surface area contributed by atoms with Crippen LogP contribution in [0.3, 0.4) is 0 Å². The number of halogens is 1. The first kappa shape index (κ1) is 13.3. The number of sulfone groups is 1. The molecule has 0 fully saturated rings. The predicted molar refractivity (Wildman–Crippen MR) is 72.7 cm³/mol. The number of nitrogens with one attached hydrogen (secondary N) is 1. The molecule has 2 rings (SSSR count). The van der Waals surface area contributed by atoms with E-state index in [2.05, 4.69) is 26.1 Å². The van der Waals surface area contributed by atoms with E-state index in [4.69, 9.17) is 5.73 Å². The van der Waals surface area contributed by atoms with Gasteiger partial charge in [-0.25, -0.2) is 8.42 Å². The molecular formula is C11H12BrN3O2S. The standard InChI is InChI=1S/C11H12BrN3O2S/c1-18(16,17)8-4-2-7(3-5-8)11-10(12)9(6-13)14-15-11/h2-5H,6,13H2,1H3,(H,14,15). The van der Waals surface area contributed by atoms with Gasteiger partial charge in [0.25, 0.3) is 0 Å². The van der Waals surface area contributed by atoms with Crippen LogP contribution in [0.1, 0.15) is 5.69 Å². The first-order valence-corrected chi connectivity index (χ1v) is 7.85. The number of rotatable bonds is 3. The number of aromatic nitrogens is 2. The number of H-pyrrole nitrogens is 1. The number of benzene rings is 1. The summed E-state index contributed by atoms with van der Waals surface area (Å²) in [6, 6.07) is 6.57. The summed E-state index contributed by atoms with van der Waals surface area (Å²) in [6.07, 6.45) is 1.18. The Labute approximate surface area is 113 Å². The smallest absolute Gasteiger partial charge is 0.175 e. The van der Waals surface area contributed by atoms with E-state index in [-0.39, 0.29) is 4.90 Å². The van der Waals surface area contributed by atoms with Crippen LogP contribution in [-0.4, -0.2) is 24.9 Å². The highest BCUT2D eigenvalue weighted by molar-refractivity contribution is 9.10. The van der Waals surface area contributed by atoms with Crippen molar-refractivity contribution in [3.63, 3.8) is 0 Å². The third-order valence-corrected chi connectivity index (χ3v) is 4.52. The van der Waals surface area contributed by atoms with Crippen LogP contribution in [0, 0.1) is 0 Å². The predicted octanol–water partition coefficient (Wildman–Crippen LogP) is 1.70. The molecule has 2 aromatic rings. The molecule has 0 spiro atoms. The Morgan fingerprint density at radius 3 is 2.39 bits per heavy atom. The Hall–Kier alpha value is -1.18. The molecule has 96 valence electrons. The zero-order valence-corrected chi connectivity index (χ0v) is 12.0. The monoisotopic (exact) mass is 329 g/mol. The minimum Gasteiger partial charge on any atom is -0.325 e. The van der Waals surface area contributed by atoms with E-state index in [0.29, 0.717) is 6.54 Å². The van der Waals surface area contributed by atoms with E-state index in [9.17, 15) is 8.42 Å². The van der Waals surface area contributed by atoms with E-state index in [1.165, 1.54) is 6.26 Å². The first-order valence-electron chi connectivity index (χ1n) is 5.17. The molecule has 0 atom stereocenters. The Morgan fingerprint density at radius 1 is 1.33 bits per heavy atom. The second-order valence-corrected chi connectivity index (χ2v) is 6.67. The molecule has 1 heterocycles. The molecular weight excluding hydrogens is 318 g/mol. The van der Waals surface area contributed by atoms with E-state index in [0.717, 1.165) is 21.4 Å². The second-order valence-electron chi connectivity index (χ2n) is 3.87. The molecule has 0 saturated carbocycles. The zero-order chi connectivity index (χ0) is 13.3. The Bertz CT molecular complexity index is 662. The summed E-state index contributed by atoms with van der Waals surface area (Å²) in [7, 11) is -3.17. The van der Waals surface area contributed by atoms with Gasteiger partial charge in [-0.3, -0.25) is 5.10 Å². The number of hydrogen-bond donors (Lipinski definition) is 2. The lowest BCUT2D eigenvalue weighted by Crippen LogP contribution is -1.97. The van der Waals surface area contributed by atoms with Crippen molar-refractivity contribution < 1.29 is 8.42 Å². The molecule has 0 bridgehead atoms. The molecule has 0 aliphatic rings. The van der Waals surface area contributed by atoms with E-state index < -0.39 is 9.84 Å². The van der Waals surface area contributed by atoms with Crippen molar-refractivity contribution >= 4 is 25.8 Å². The zero-order valence-electron chi connectivity index (χ0n) is 9.64. The lowest BCUT2D eigenvalue weighted by Gasteiger charge is -2.01. The lowest BCUT2D eigenvalue weighted by molar-refractivity contribution is 0.602. The number of nitrogens with two attached hydrogens (primary N) is 1. The van der Waals surface area contributed by atoms with Gasteiger partial charge >= 0.3 is 0 Å². The highest BCUT2D eigenvalue weighted by Gasteiger charge is 2.12. The van der Waals surface area contributed by atoms with Gasteiger partial charge < -0.3 is 5.73 Å². The molecule has 0 saturated heterocycles. The summed E-state index contributed by atoms with van der Waals surface area (Å²) in [5.74, 6) is 0. The fourth-order valence-corrected chi connectivity index (χ4v) is 2.75. The summed E-state index contributed by atoms with van der Waals surface area (Å²) >= 11 is 3.41. The van der Waals surface area contributed by atoms with E-state index in [1.54, 1.807) is 24.3 Å². The van der Waals surface area contributed by atoms with Crippen molar-refractivity contribution in [3.8, 4) is 11.3 Å². The molecule has 0 aliphatic heterocycles. The maximum atomic E-state index is 11.4. The Balaban J connectivity index is 2.43. The van der Waals surface area contributed by atoms with Gasteiger partial charge in [0.2, 0.25) is 0 Å². The Kier molecular flexibility index (Phi) is 3.56. The molecule has 3 N–H and O–H groups in total. The molecule has 7 heteroatoms. The average Bonchev–Trinajstić information content (AvgIpc) is 2.69. The van der Waals surface area contributed by atoms with E-state index >= 15 is 0 Å². The van der Waals surface area contributed by atoms with E-state index in [1.807, 2.05) is 0 Å². The highest BCUT2D eigenvalue weighted by atomic mass is 79.9. The quantitative estimate of drug-likeness (QED) is 0.896. The van der Waals surface area contributed by atoms with Gasteiger partial charge in [-0.05, 0) is 28.1 Å². The topological polar surface area (TPSA) is 88.8 Å². The van der Waals surface area contributed by atoms with Crippen LogP contribution in [0.5, 0.6) is 0 Å². The van der Waals surface area contributed by atoms with Gasteiger partial charge in [0, 0.05) is 18.4 Å². The summed E-state index contributed by atoms with van der Waals surface area (Å²) in [4.78, 5) is 0.289. The third kappa shape index (κ3) is 2.47. The van der Waals surface area contributed by atoms with Gasteiger partial charge in [-0.1, -0.05) is 12.1 Å². The van der Waals surface area contributed by atoms with Crippen LogP contribution in [0.15, 0.2) is 33.6 Å². The SMILES string of the molecule is CS(=O)(=O)c1ccc(-c2n[nH]c(CN)c2Br)cc1. The van der Waals surface area contributed by atoms with Crippen molar-refractivity contribution in [3.05, 3.63) is 34.4 Å². The normalized spacial score (nSPS) is 11.7. The third-order valence-electron chi connectivity index (χ3n) is 2.54. The maximum Gasteiger partial charge on any atom is 0.175 e. The van der Waals surface area contributed by atoms with Crippen LogP contribution < -0.4 is 5.73 Å². The summed E-state index contributed by atoms with van der Waals surface area (Å²) in [5.41, 5.74) is 7.89. The largest absolute Gasteiger partial charge is 0.325 e. The average molecular weight is 330 g/mol. The van der Waals surface area contributed by atoms with Gasteiger partial charge in [0.1, 0.15) is 5.69 Å². The van der Waals surface area contributed by atoms with Crippen molar-refractivity contribution in [1.82, 2.24) is 10.2 Å². The molecule has 0 aliphatic carbocycles. The van der Waals surface area contributed by atoms with Crippen LogP contribution in [0.2, 0.25) is 0 Å². The van der Waals surface area contributed by atoms with Gasteiger partial charge in [-0.2, -0.15) is 5.10 Å². The van der Waals surface area contributed by atoms with Crippen LogP contribution in [0.25, 0.3) is 11.3 Å². The summed E-state index contributed by atoms with van der Waals surface area (Å²) in [5, 5.41) is 6.97. The minimum absolute atomic E-state index is 0.289. The molecule has 1 aromatic carbocycles. The molecule has 0 amide bonds. The maximum absolute atomic E-state index is 11.4. The number of nitrogens with zero attached hydrogens (tertiary/aromatic N) is 1.